The van der Waals surface area contributed by atoms with Crippen LogP contribution in [0.5, 0.6) is 0 Å². The van der Waals surface area contributed by atoms with E-state index in [2.05, 4.69) is 125 Å². The minimum atomic E-state index is 0.668. The molecule has 0 amide bonds. The average molecular weight is 556 g/mol. The van der Waals surface area contributed by atoms with Crippen LogP contribution in [0.15, 0.2) is 158 Å². The third-order valence-corrected chi connectivity index (χ3v) is 7.74. The quantitative estimate of drug-likeness (QED) is 0.175. The van der Waals surface area contributed by atoms with Crippen molar-refractivity contribution in [3.8, 4) is 22.4 Å². The Kier molecular flexibility index (Phi) is 7.08. The van der Waals surface area contributed by atoms with Gasteiger partial charge in [-0.2, -0.15) is 0 Å². The predicted molar refractivity (Wildman–Crippen MR) is 175 cm³/mol. The Morgan fingerprint density at radius 3 is 1.70 bits per heavy atom. The first-order valence-electron chi connectivity index (χ1n) is 14.4. The van der Waals surface area contributed by atoms with Crippen LogP contribution in [0.1, 0.15) is 21.6 Å². The van der Waals surface area contributed by atoms with Gasteiger partial charge in [0.1, 0.15) is 11.9 Å². The number of rotatable bonds is 8. The normalized spacial score (nSPS) is 11.0. The van der Waals surface area contributed by atoms with E-state index in [1.807, 2.05) is 42.5 Å². The lowest BCUT2D eigenvalue weighted by atomic mass is 10.0. The Hall–Kier alpha value is -5.74. The summed E-state index contributed by atoms with van der Waals surface area (Å²) in [5.41, 5.74) is 11.4. The molecule has 2 aromatic heterocycles. The third-order valence-electron chi connectivity index (χ3n) is 7.74. The van der Waals surface area contributed by atoms with Crippen molar-refractivity contribution in [1.29, 1.82) is 0 Å². The lowest BCUT2D eigenvalue weighted by Gasteiger charge is -2.25. The van der Waals surface area contributed by atoms with Gasteiger partial charge in [0.05, 0.1) is 11.4 Å². The number of imidazole rings is 1. The van der Waals surface area contributed by atoms with E-state index in [0.29, 0.717) is 5.56 Å². The van der Waals surface area contributed by atoms with Crippen LogP contribution in [0.4, 0.5) is 17.1 Å². The van der Waals surface area contributed by atoms with Gasteiger partial charge < -0.3 is 9.30 Å². The van der Waals surface area contributed by atoms with Crippen molar-refractivity contribution in [3.05, 3.63) is 175 Å². The molecule has 0 aliphatic rings. The summed E-state index contributed by atoms with van der Waals surface area (Å²) in [7, 11) is 0. The molecule has 4 heteroatoms. The van der Waals surface area contributed by atoms with Gasteiger partial charge in [-0.3, -0.25) is 4.79 Å². The van der Waals surface area contributed by atoms with Crippen LogP contribution in [0.3, 0.4) is 0 Å². The van der Waals surface area contributed by atoms with Crippen LogP contribution < -0.4 is 4.90 Å². The van der Waals surface area contributed by atoms with E-state index in [9.17, 15) is 4.79 Å². The zero-order valence-electron chi connectivity index (χ0n) is 23.5. The van der Waals surface area contributed by atoms with Crippen LogP contribution in [-0.2, 0) is 6.42 Å². The molecule has 0 aliphatic carbocycles. The molecule has 2 heterocycles. The van der Waals surface area contributed by atoms with Crippen molar-refractivity contribution in [2.75, 3.05) is 4.90 Å². The molecule has 206 valence electrons. The Morgan fingerprint density at radius 1 is 0.558 bits per heavy atom. The number of benzene rings is 5. The van der Waals surface area contributed by atoms with Gasteiger partial charge in [-0.25, -0.2) is 4.98 Å². The number of nitrogens with zero attached hydrogens (tertiary/aromatic N) is 3. The summed E-state index contributed by atoms with van der Waals surface area (Å²) in [5.74, 6) is 0. The van der Waals surface area contributed by atoms with Crippen molar-refractivity contribution >= 4 is 29.0 Å². The summed E-state index contributed by atoms with van der Waals surface area (Å²) in [5, 5.41) is 0. The third kappa shape index (κ3) is 5.34. The van der Waals surface area contributed by atoms with Gasteiger partial charge >= 0.3 is 0 Å². The molecule has 4 nitrogen and oxygen atoms in total. The lowest BCUT2D eigenvalue weighted by Crippen LogP contribution is -2.09. The molecule has 0 atom stereocenters. The molecule has 0 radical (unpaired) electrons. The van der Waals surface area contributed by atoms with E-state index >= 15 is 0 Å². The number of aromatic nitrogens is 2. The highest BCUT2D eigenvalue weighted by molar-refractivity contribution is 5.79. The number of anilines is 3. The van der Waals surface area contributed by atoms with Crippen molar-refractivity contribution in [3.63, 3.8) is 0 Å². The van der Waals surface area contributed by atoms with Gasteiger partial charge in [0.25, 0.3) is 0 Å². The highest BCUT2D eigenvalue weighted by atomic mass is 16.1. The predicted octanol–water partition coefficient (Wildman–Crippen LogP) is 9.54. The highest BCUT2D eigenvalue weighted by Gasteiger charge is 2.17. The fraction of sp³-hybridized carbons (Fsp3) is 0.0256. The van der Waals surface area contributed by atoms with Gasteiger partial charge in [0.15, 0.2) is 0 Å². The molecular formula is C39H29N3O. The van der Waals surface area contributed by atoms with Gasteiger partial charge in [-0.15, -0.1) is 0 Å². The molecule has 0 saturated heterocycles. The van der Waals surface area contributed by atoms with E-state index in [-0.39, 0.29) is 0 Å². The first-order valence-corrected chi connectivity index (χ1v) is 14.4. The molecule has 0 saturated carbocycles. The summed E-state index contributed by atoms with van der Waals surface area (Å²) >= 11 is 0. The summed E-state index contributed by atoms with van der Waals surface area (Å²) in [6.07, 6.45) is 3.77. The topological polar surface area (TPSA) is 37.6 Å². The minimum absolute atomic E-state index is 0.668. The number of para-hydroxylation sites is 2. The van der Waals surface area contributed by atoms with Crippen LogP contribution in [0, 0.1) is 0 Å². The monoisotopic (exact) mass is 555 g/mol. The average Bonchev–Trinajstić information content (AvgIpc) is 3.44. The number of fused-ring (bicyclic) bond motifs is 1. The largest absolute Gasteiger partial charge is 0.311 e. The van der Waals surface area contributed by atoms with Crippen LogP contribution in [0.2, 0.25) is 0 Å². The molecule has 0 N–H and O–H groups in total. The first kappa shape index (κ1) is 26.2. The molecule has 0 aliphatic heterocycles. The fourth-order valence-electron chi connectivity index (χ4n) is 5.58. The first-order chi connectivity index (χ1) is 21.3. The summed E-state index contributed by atoms with van der Waals surface area (Å²) in [6, 6.07) is 51.9. The standard InChI is InChI=1S/C39H29N3O/c43-28-30-16-18-31(19-17-30)33-22-25-38-40-39(37(41(38)27-33)26-29-10-4-1-5-11-29)32-20-23-36(24-21-32)42(34-12-6-2-7-13-34)35-14-8-3-9-15-35/h1-25,27-28H,26H2. The van der Waals surface area contributed by atoms with Gasteiger partial charge in [-0.1, -0.05) is 103 Å². The lowest BCUT2D eigenvalue weighted by molar-refractivity contribution is 0.112. The SMILES string of the molecule is O=Cc1ccc(-c2ccc3nc(-c4ccc(N(c5ccccc5)c5ccccc5)cc4)c(Cc4ccccc4)n3c2)cc1. The van der Waals surface area contributed by atoms with Crippen molar-refractivity contribution in [1.82, 2.24) is 9.38 Å². The van der Waals surface area contributed by atoms with E-state index in [1.54, 1.807) is 0 Å². The van der Waals surface area contributed by atoms with E-state index in [0.717, 1.165) is 63.5 Å². The Bertz CT molecular complexity index is 1940. The zero-order valence-corrected chi connectivity index (χ0v) is 23.5. The maximum atomic E-state index is 11.2. The van der Waals surface area contributed by atoms with Gasteiger partial charge in [-0.05, 0) is 65.2 Å². The van der Waals surface area contributed by atoms with E-state index in [1.165, 1.54) is 5.56 Å². The molecule has 7 rings (SSSR count). The smallest absolute Gasteiger partial charge is 0.150 e. The van der Waals surface area contributed by atoms with Crippen molar-refractivity contribution in [2.45, 2.75) is 6.42 Å². The fourth-order valence-corrected chi connectivity index (χ4v) is 5.58. The van der Waals surface area contributed by atoms with E-state index < -0.39 is 0 Å². The van der Waals surface area contributed by atoms with E-state index in [4.69, 9.17) is 4.98 Å². The van der Waals surface area contributed by atoms with Crippen LogP contribution >= 0.6 is 0 Å². The maximum absolute atomic E-state index is 11.2. The second kappa shape index (κ2) is 11.6. The number of carbonyl (C=O) groups is 1. The number of carbonyl (C=O) groups excluding carboxylic acids is 1. The second-order valence-electron chi connectivity index (χ2n) is 10.5. The molecule has 0 unspecified atom stereocenters. The molecule has 0 fully saturated rings. The maximum Gasteiger partial charge on any atom is 0.150 e. The van der Waals surface area contributed by atoms with Crippen LogP contribution in [0.25, 0.3) is 28.0 Å². The minimum Gasteiger partial charge on any atom is -0.311 e. The highest BCUT2D eigenvalue weighted by Crippen LogP contribution is 2.36. The van der Waals surface area contributed by atoms with Crippen molar-refractivity contribution in [2.24, 2.45) is 0 Å². The zero-order chi connectivity index (χ0) is 29.0. The molecule has 0 bridgehead atoms. The Morgan fingerprint density at radius 2 is 1.09 bits per heavy atom. The molecular weight excluding hydrogens is 526 g/mol. The number of hydrogen-bond acceptors (Lipinski definition) is 3. The van der Waals surface area contributed by atoms with Gasteiger partial charge in [0, 0.05) is 40.8 Å². The summed E-state index contributed by atoms with van der Waals surface area (Å²) < 4.78 is 2.21. The molecule has 5 aromatic carbocycles. The van der Waals surface area contributed by atoms with Crippen molar-refractivity contribution < 1.29 is 4.79 Å². The second-order valence-corrected chi connectivity index (χ2v) is 10.5. The number of pyridine rings is 1. The molecule has 0 spiro atoms. The summed E-state index contributed by atoms with van der Waals surface area (Å²) in [4.78, 5) is 18.6. The van der Waals surface area contributed by atoms with Crippen LogP contribution in [-0.4, -0.2) is 15.7 Å². The Labute approximate surface area is 251 Å². The molecule has 7 aromatic rings. The number of aldehydes is 1. The molecule has 43 heavy (non-hydrogen) atoms. The number of hydrogen-bond donors (Lipinski definition) is 0. The van der Waals surface area contributed by atoms with Gasteiger partial charge in [0.2, 0.25) is 0 Å². The summed E-state index contributed by atoms with van der Waals surface area (Å²) in [6.45, 7) is 0. The Balaban J connectivity index is 1.32.